The van der Waals surface area contributed by atoms with Crippen molar-refractivity contribution >= 4 is 57.1 Å². The quantitative estimate of drug-likeness (QED) is 0.179. The maximum Gasteiger partial charge on any atom is 0.0632 e. The highest BCUT2D eigenvalue weighted by molar-refractivity contribution is 7.80. The van der Waals surface area contributed by atoms with Crippen molar-refractivity contribution < 1.29 is 0 Å². The topological polar surface area (TPSA) is 3.24 Å². The minimum Gasteiger partial charge on any atom is -0.333 e. The highest BCUT2D eigenvalue weighted by Gasteiger charge is 2.41. The Balaban J connectivity index is 0.000000162. The number of fused-ring (bicyclic) bond motifs is 6. The summed E-state index contributed by atoms with van der Waals surface area (Å²) < 4.78 is 1.46. The van der Waals surface area contributed by atoms with Crippen LogP contribution in [-0.2, 0) is 6.42 Å². The third-order valence-electron chi connectivity index (χ3n) is 10.7. The monoisotopic (exact) mass is 715 g/mol. The lowest BCUT2D eigenvalue weighted by Gasteiger charge is -2.32. The Morgan fingerprint density at radius 3 is 2.13 bits per heavy atom. The van der Waals surface area contributed by atoms with Crippen molar-refractivity contribution in [2.75, 3.05) is 4.90 Å². The van der Waals surface area contributed by atoms with Gasteiger partial charge in [-0.1, -0.05) is 123 Å². The fourth-order valence-electron chi connectivity index (χ4n) is 8.31. The van der Waals surface area contributed by atoms with E-state index in [1.54, 1.807) is 4.88 Å². The van der Waals surface area contributed by atoms with Gasteiger partial charge in [0.15, 0.2) is 0 Å². The van der Waals surface area contributed by atoms with Crippen LogP contribution in [-0.4, -0.2) is 6.04 Å². The van der Waals surface area contributed by atoms with Crippen LogP contribution in [0.2, 0.25) is 0 Å². The summed E-state index contributed by atoms with van der Waals surface area (Å²) in [5.74, 6) is 0.356. The molecule has 0 spiro atoms. The molecule has 1 aromatic heterocycles. The van der Waals surface area contributed by atoms with Gasteiger partial charge in [-0.3, -0.25) is 0 Å². The third kappa shape index (κ3) is 6.50. The van der Waals surface area contributed by atoms with Crippen LogP contribution in [0.1, 0.15) is 76.9 Å². The van der Waals surface area contributed by atoms with E-state index in [0.717, 1.165) is 4.90 Å². The lowest BCUT2D eigenvalue weighted by Crippen LogP contribution is -2.30. The molecule has 2 heterocycles. The van der Waals surface area contributed by atoms with Crippen LogP contribution in [0, 0.1) is 27.7 Å². The van der Waals surface area contributed by atoms with Gasteiger partial charge in [0.25, 0.3) is 0 Å². The largest absolute Gasteiger partial charge is 0.333 e. The van der Waals surface area contributed by atoms with E-state index in [-0.39, 0.29) is 6.04 Å². The van der Waals surface area contributed by atoms with Crippen molar-refractivity contribution in [2.24, 2.45) is 0 Å². The molecule has 0 saturated heterocycles. The zero-order chi connectivity index (χ0) is 36.5. The average Bonchev–Trinajstić information content (AvgIpc) is 3.70. The average molecular weight is 716 g/mol. The first kappa shape index (κ1) is 35.8. The van der Waals surface area contributed by atoms with Gasteiger partial charge >= 0.3 is 0 Å². The van der Waals surface area contributed by atoms with E-state index >= 15 is 0 Å². The Hall–Kier alpha value is -4.57. The first-order chi connectivity index (χ1) is 25.3. The Bertz CT molecular complexity index is 2350. The van der Waals surface area contributed by atoms with Gasteiger partial charge in [0, 0.05) is 42.7 Å². The summed E-state index contributed by atoms with van der Waals surface area (Å²) in [5.41, 5.74) is 17.6. The van der Waals surface area contributed by atoms with Gasteiger partial charge in [-0.2, -0.15) is 0 Å². The highest BCUT2D eigenvalue weighted by Crippen LogP contribution is 2.52. The minimum atomic E-state index is 0.287. The van der Waals surface area contributed by atoms with E-state index in [2.05, 4.69) is 180 Å². The Morgan fingerprint density at radius 1 is 0.712 bits per heavy atom. The summed E-state index contributed by atoms with van der Waals surface area (Å²) >= 11 is 6.63. The van der Waals surface area contributed by atoms with Gasteiger partial charge in [0.05, 0.1) is 6.04 Å². The fraction of sp³-hybridized carbons (Fsp3) is 0.224. The lowest BCUT2D eigenvalue weighted by atomic mass is 9.79. The second kappa shape index (κ2) is 15.2. The van der Waals surface area contributed by atoms with E-state index in [1.165, 1.54) is 95.5 Å². The number of rotatable bonds is 3. The summed E-state index contributed by atoms with van der Waals surface area (Å²) in [6, 6.07) is 37.7. The third-order valence-corrected chi connectivity index (χ3v) is 12.3. The van der Waals surface area contributed by atoms with Gasteiger partial charge < -0.3 is 4.90 Å². The van der Waals surface area contributed by atoms with Crippen molar-refractivity contribution in [1.82, 2.24) is 0 Å². The van der Waals surface area contributed by atoms with Crippen LogP contribution in [0.25, 0.3) is 32.9 Å². The molecule has 0 radical (unpaired) electrons. The second-order valence-electron chi connectivity index (χ2n) is 14.0. The van der Waals surface area contributed by atoms with Crippen molar-refractivity contribution in [3.63, 3.8) is 0 Å². The number of allylic oxidation sites excluding steroid dienone is 3. The molecule has 3 heteroatoms. The molecule has 2 atom stereocenters. The Labute approximate surface area is 320 Å². The summed E-state index contributed by atoms with van der Waals surface area (Å²) in [5, 5.41) is 1.43. The predicted octanol–water partition coefficient (Wildman–Crippen LogP) is 14.4. The molecule has 0 fully saturated rings. The van der Waals surface area contributed by atoms with Crippen LogP contribution >= 0.6 is 24.0 Å². The Kier molecular flexibility index (Phi) is 10.5. The van der Waals surface area contributed by atoms with Crippen molar-refractivity contribution in [2.45, 2.75) is 78.2 Å². The van der Waals surface area contributed by atoms with Gasteiger partial charge in [-0.25, -0.2) is 0 Å². The van der Waals surface area contributed by atoms with Gasteiger partial charge in [-0.05, 0) is 122 Å². The fourth-order valence-corrected chi connectivity index (χ4v) is 10.1. The second-order valence-corrected chi connectivity index (χ2v) is 15.6. The number of aryl methyl sites for hydroxylation is 5. The summed E-state index contributed by atoms with van der Waals surface area (Å²) in [4.78, 5) is 5.04. The molecule has 6 aromatic rings. The standard InChI is InChI=1S/C27H25NS.C20H18S.C2H6/c1-17-14-20(16-21(29)15-17)28-25-11-7-6-10-24(25)27-19(3)23(12-13-26(27)28)22-9-5-4-8-18(22)2;1-13-7-3-4-8-15(13)19-14(2)11-12-17-16-9-5-6-10-18(16)21-20(17)19;1-2/h4-16,26-27,29H,1-3H3;3-5,7-9,11-12H,6,10H2,1-2H3;1-2H3. The number of hydrogen-bond acceptors (Lipinski definition) is 3. The number of nitrogens with zero attached hydrogens (tertiary/aromatic N) is 1. The first-order valence-corrected chi connectivity index (χ1v) is 20.0. The number of para-hydroxylation sites is 1. The first-order valence-electron chi connectivity index (χ1n) is 18.7. The highest BCUT2D eigenvalue weighted by atomic mass is 32.1. The van der Waals surface area contributed by atoms with E-state index in [1.807, 2.05) is 25.2 Å². The number of benzene rings is 5. The predicted molar refractivity (Wildman–Crippen MR) is 232 cm³/mol. The van der Waals surface area contributed by atoms with Crippen molar-refractivity contribution in [1.29, 1.82) is 0 Å². The molecule has 1 aliphatic heterocycles. The summed E-state index contributed by atoms with van der Waals surface area (Å²) in [6.45, 7) is 15.1. The van der Waals surface area contributed by atoms with E-state index < -0.39 is 0 Å². The summed E-state index contributed by atoms with van der Waals surface area (Å²) in [7, 11) is 0. The number of hydrogen-bond donors (Lipinski definition) is 1. The molecule has 3 aliphatic rings. The molecular weight excluding hydrogens is 667 g/mol. The van der Waals surface area contributed by atoms with Crippen molar-refractivity contribution in [3.8, 4) is 11.1 Å². The normalized spacial score (nSPS) is 16.8. The van der Waals surface area contributed by atoms with Crippen LogP contribution < -0.4 is 4.90 Å². The van der Waals surface area contributed by atoms with Crippen LogP contribution in [0.15, 0.2) is 132 Å². The molecule has 2 aliphatic carbocycles. The van der Waals surface area contributed by atoms with E-state index in [9.17, 15) is 0 Å². The van der Waals surface area contributed by atoms with Gasteiger partial charge in [-0.15, -0.1) is 24.0 Å². The van der Waals surface area contributed by atoms with E-state index in [4.69, 9.17) is 0 Å². The number of anilines is 2. The van der Waals surface area contributed by atoms with Crippen LogP contribution in [0.3, 0.4) is 0 Å². The molecule has 5 aromatic carbocycles. The van der Waals surface area contributed by atoms with Crippen LogP contribution in [0.5, 0.6) is 0 Å². The maximum absolute atomic E-state index is 4.64. The van der Waals surface area contributed by atoms with Crippen LogP contribution in [0.4, 0.5) is 11.4 Å². The maximum atomic E-state index is 4.64. The van der Waals surface area contributed by atoms with Gasteiger partial charge in [0.1, 0.15) is 0 Å². The molecule has 0 N–H and O–H groups in total. The summed E-state index contributed by atoms with van der Waals surface area (Å²) in [6.07, 6.45) is 11.7. The molecule has 2 unspecified atom stereocenters. The molecule has 262 valence electrons. The minimum absolute atomic E-state index is 0.287. The molecule has 0 bridgehead atoms. The SMILES string of the molecule is CC.CC1=C(c2ccccc2C)C=CC2C1c1ccccc1N2c1cc(C)cc(S)c1.Cc1ccccc1-c1c(C)ccc2c3c(sc12)CCC=C3. The molecule has 1 nitrogen and oxygen atoms in total. The zero-order valence-corrected chi connectivity index (χ0v) is 33.2. The lowest BCUT2D eigenvalue weighted by molar-refractivity contribution is 0.712. The molecule has 9 rings (SSSR count). The van der Waals surface area contributed by atoms with Crippen molar-refractivity contribution in [3.05, 3.63) is 171 Å². The van der Waals surface area contributed by atoms with E-state index in [0.29, 0.717) is 5.92 Å². The number of thiol groups is 1. The molecule has 52 heavy (non-hydrogen) atoms. The molecule has 0 amide bonds. The zero-order valence-electron chi connectivity index (χ0n) is 31.5. The smallest absolute Gasteiger partial charge is 0.0632 e. The molecule has 0 saturated carbocycles. The Morgan fingerprint density at radius 2 is 1.40 bits per heavy atom. The molecular formula is C49H49NS2. The van der Waals surface area contributed by atoms with Gasteiger partial charge in [0.2, 0.25) is 0 Å². The number of thiophene rings is 1.